The lowest BCUT2D eigenvalue weighted by atomic mass is 10.2. The van der Waals surface area contributed by atoms with Crippen molar-refractivity contribution in [3.05, 3.63) is 40.8 Å². The Hall–Kier alpha value is -1.48. The van der Waals surface area contributed by atoms with Gasteiger partial charge in [-0.15, -0.1) is 0 Å². The van der Waals surface area contributed by atoms with Crippen LogP contribution in [0.2, 0.25) is 5.15 Å². The highest BCUT2D eigenvalue weighted by Gasteiger charge is 2.04. The summed E-state index contributed by atoms with van der Waals surface area (Å²) in [6.07, 6.45) is 1.74. The first-order valence-electron chi connectivity index (χ1n) is 4.59. The predicted octanol–water partition coefficient (Wildman–Crippen LogP) is 2.81. The van der Waals surface area contributed by atoms with Gasteiger partial charge in [-0.25, -0.2) is 9.97 Å². The predicted molar refractivity (Wildman–Crippen MR) is 59.7 cm³/mol. The van der Waals surface area contributed by atoms with E-state index in [1.54, 1.807) is 12.3 Å². The van der Waals surface area contributed by atoms with E-state index in [2.05, 4.69) is 15.0 Å². The molecule has 3 nitrogen and oxygen atoms in total. The molecule has 2 heterocycles. The summed E-state index contributed by atoms with van der Waals surface area (Å²) in [4.78, 5) is 12.6. The van der Waals surface area contributed by atoms with Crippen LogP contribution in [0.25, 0.3) is 11.5 Å². The third-order valence-corrected chi connectivity index (χ3v) is 2.16. The monoisotopic (exact) mass is 219 g/mol. The molecular formula is C11H10ClN3. The third kappa shape index (κ3) is 2.30. The van der Waals surface area contributed by atoms with E-state index in [1.807, 2.05) is 26.0 Å². The molecule has 4 heteroatoms. The minimum Gasteiger partial charge on any atom is -0.253 e. The quantitative estimate of drug-likeness (QED) is 0.693. The molecule has 0 aliphatic carbocycles. The van der Waals surface area contributed by atoms with Crippen LogP contribution in [0.4, 0.5) is 0 Å². The number of aromatic nitrogens is 3. The maximum atomic E-state index is 5.86. The molecule has 0 amide bonds. The van der Waals surface area contributed by atoms with Crippen molar-refractivity contribution >= 4 is 11.6 Å². The Labute approximate surface area is 93.2 Å². The minimum absolute atomic E-state index is 0.445. The average molecular weight is 220 g/mol. The molecule has 0 saturated heterocycles. The van der Waals surface area contributed by atoms with Gasteiger partial charge in [-0.2, -0.15) is 0 Å². The van der Waals surface area contributed by atoms with Crippen LogP contribution >= 0.6 is 11.6 Å². The maximum absolute atomic E-state index is 5.86. The Morgan fingerprint density at radius 3 is 2.60 bits per heavy atom. The Bertz CT molecular complexity index is 477. The second kappa shape index (κ2) is 3.95. The van der Waals surface area contributed by atoms with Crippen molar-refractivity contribution in [3.63, 3.8) is 0 Å². The van der Waals surface area contributed by atoms with Gasteiger partial charge in [-0.1, -0.05) is 11.6 Å². The number of pyridine rings is 1. The summed E-state index contributed by atoms with van der Waals surface area (Å²) in [5.41, 5.74) is 2.72. The van der Waals surface area contributed by atoms with Gasteiger partial charge in [0, 0.05) is 11.9 Å². The highest BCUT2D eigenvalue weighted by Crippen LogP contribution is 2.16. The molecular weight excluding hydrogens is 210 g/mol. The summed E-state index contributed by atoms with van der Waals surface area (Å²) in [5, 5.41) is 0.445. The number of hydrogen-bond acceptors (Lipinski definition) is 3. The lowest BCUT2D eigenvalue weighted by molar-refractivity contribution is 1.09. The highest BCUT2D eigenvalue weighted by atomic mass is 35.5. The summed E-state index contributed by atoms with van der Waals surface area (Å²) in [6, 6.07) is 5.59. The molecule has 0 spiro atoms. The molecule has 15 heavy (non-hydrogen) atoms. The topological polar surface area (TPSA) is 38.7 Å². The van der Waals surface area contributed by atoms with Crippen molar-refractivity contribution < 1.29 is 0 Å². The van der Waals surface area contributed by atoms with Crippen molar-refractivity contribution in [1.29, 1.82) is 0 Å². The lowest BCUT2D eigenvalue weighted by Crippen LogP contribution is -1.94. The zero-order chi connectivity index (χ0) is 10.8. The Kier molecular flexibility index (Phi) is 2.64. The van der Waals surface area contributed by atoms with Gasteiger partial charge in [0.2, 0.25) is 0 Å². The molecule has 0 saturated carbocycles. The number of nitrogens with zero attached hydrogens (tertiary/aromatic N) is 3. The molecule has 0 radical (unpaired) electrons. The van der Waals surface area contributed by atoms with Crippen molar-refractivity contribution in [2.45, 2.75) is 13.8 Å². The first-order valence-corrected chi connectivity index (χ1v) is 4.97. The maximum Gasteiger partial charge on any atom is 0.179 e. The molecule has 2 aromatic rings. The Balaban J connectivity index is 2.54. The van der Waals surface area contributed by atoms with Crippen molar-refractivity contribution in [3.8, 4) is 11.5 Å². The molecule has 0 N–H and O–H groups in total. The van der Waals surface area contributed by atoms with Crippen LogP contribution < -0.4 is 0 Å². The fourth-order valence-electron chi connectivity index (χ4n) is 1.30. The standard InChI is InChI=1S/C11H10ClN3/c1-7-3-4-13-9(5-7)11-14-8(2)6-10(12)15-11/h3-6H,1-2H3. The smallest absolute Gasteiger partial charge is 0.179 e. The van der Waals surface area contributed by atoms with Crippen LogP contribution in [0.3, 0.4) is 0 Å². The van der Waals surface area contributed by atoms with Crippen LogP contribution in [0.1, 0.15) is 11.3 Å². The summed E-state index contributed by atoms with van der Waals surface area (Å²) in [6.45, 7) is 3.88. The van der Waals surface area contributed by atoms with E-state index in [-0.39, 0.29) is 0 Å². The van der Waals surface area contributed by atoms with Crippen LogP contribution in [-0.4, -0.2) is 15.0 Å². The first-order chi connectivity index (χ1) is 7.15. The normalized spacial score (nSPS) is 10.3. The highest BCUT2D eigenvalue weighted by molar-refractivity contribution is 6.29. The molecule has 0 bridgehead atoms. The minimum atomic E-state index is 0.445. The van der Waals surface area contributed by atoms with E-state index >= 15 is 0 Å². The summed E-state index contributed by atoms with van der Waals surface area (Å²) in [5.74, 6) is 0.573. The molecule has 0 aliphatic heterocycles. The van der Waals surface area contributed by atoms with Gasteiger partial charge in [-0.05, 0) is 37.6 Å². The van der Waals surface area contributed by atoms with Gasteiger partial charge in [-0.3, -0.25) is 4.98 Å². The molecule has 2 rings (SSSR count). The van der Waals surface area contributed by atoms with E-state index in [1.165, 1.54) is 0 Å². The zero-order valence-corrected chi connectivity index (χ0v) is 9.28. The number of aryl methyl sites for hydroxylation is 2. The zero-order valence-electron chi connectivity index (χ0n) is 8.53. The van der Waals surface area contributed by atoms with Gasteiger partial charge >= 0.3 is 0 Å². The second-order valence-electron chi connectivity index (χ2n) is 3.37. The molecule has 0 atom stereocenters. The average Bonchev–Trinajstić information content (AvgIpc) is 2.16. The second-order valence-corrected chi connectivity index (χ2v) is 3.76. The number of halogens is 1. The van der Waals surface area contributed by atoms with E-state index in [0.717, 1.165) is 17.0 Å². The lowest BCUT2D eigenvalue weighted by Gasteiger charge is -2.02. The van der Waals surface area contributed by atoms with Gasteiger partial charge in [0.15, 0.2) is 5.82 Å². The van der Waals surface area contributed by atoms with E-state index in [4.69, 9.17) is 11.6 Å². The van der Waals surface area contributed by atoms with Gasteiger partial charge < -0.3 is 0 Å². The van der Waals surface area contributed by atoms with Gasteiger partial charge in [0.05, 0.1) is 0 Å². The van der Waals surface area contributed by atoms with E-state index in [0.29, 0.717) is 11.0 Å². The van der Waals surface area contributed by atoms with Gasteiger partial charge in [0.25, 0.3) is 0 Å². The molecule has 2 aromatic heterocycles. The molecule has 76 valence electrons. The molecule has 0 fully saturated rings. The fourth-order valence-corrected chi connectivity index (χ4v) is 1.54. The van der Waals surface area contributed by atoms with Crippen LogP contribution in [-0.2, 0) is 0 Å². The number of rotatable bonds is 1. The Morgan fingerprint density at radius 2 is 1.93 bits per heavy atom. The summed E-state index contributed by atoms with van der Waals surface area (Å²) >= 11 is 5.86. The van der Waals surface area contributed by atoms with E-state index in [9.17, 15) is 0 Å². The van der Waals surface area contributed by atoms with Crippen LogP contribution in [0.5, 0.6) is 0 Å². The summed E-state index contributed by atoms with van der Waals surface area (Å²) in [7, 11) is 0. The van der Waals surface area contributed by atoms with E-state index < -0.39 is 0 Å². The molecule has 0 aromatic carbocycles. The van der Waals surface area contributed by atoms with Crippen molar-refractivity contribution in [1.82, 2.24) is 15.0 Å². The third-order valence-electron chi connectivity index (χ3n) is 1.97. The molecule has 0 aliphatic rings. The van der Waals surface area contributed by atoms with Gasteiger partial charge in [0.1, 0.15) is 10.8 Å². The SMILES string of the molecule is Cc1ccnc(-c2nc(C)cc(Cl)n2)c1. The van der Waals surface area contributed by atoms with Crippen molar-refractivity contribution in [2.75, 3.05) is 0 Å². The van der Waals surface area contributed by atoms with Crippen LogP contribution in [0, 0.1) is 13.8 Å². The van der Waals surface area contributed by atoms with Crippen LogP contribution in [0.15, 0.2) is 24.4 Å². The molecule has 0 unspecified atom stereocenters. The number of hydrogen-bond donors (Lipinski definition) is 0. The summed E-state index contributed by atoms with van der Waals surface area (Å²) < 4.78 is 0. The first kappa shape index (κ1) is 10.1. The largest absolute Gasteiger partial charge is 0.253 e. The Morgan fingerprint density at radius 1 is 1.13 bits per heavy atom. The fraction of sp³-hybridized carbons (Fsp3) is 0.182. The van der Waals surface area contributed by atoms with Crippen molar-refractivity contribution in [2.24, 2.45) is 0 Å².